The number of carbonyl (C=O) groups is 1. The van der Waals surface area contributed by atoms with E-state index in [4.69, 9.17) is 9.47 Å². The summed E-state index contributed by atoms with van der Waals surface area (Å²) in [6.45, 7) is 10.7. The third-order valence-electron chi connectivity index (χ3n) is 3.72. The molecule has 2 rings (SSSR count). The van der Waals surface area contributed by atoms with Gasteiger partial charge in [0.1, 0.15) is 11.6 Å². The van der Waals surface area contributed by atoms with Crippen LogP contribution in [-0.2, 0) is 13.2 Å². The second-order valence-electron chi connectivity index (χ2n) is 7.57. The molecule has 0 aliphatic carbocycles. The van der Waals surface area contributed by atoms with Gasteiger partial charge in [-0.05, 0) is 46.8 Å². The van der Waals surface area contributed by atoms with Gasteiger partial charge in [0.2, 0.25) is 0 Å². The number of carbonyl (C=O) groups excluding carboxylic acids is 1. The van der Waals surface area contributed by atoms with Crippen LogP contribution in [0.25, 0.3) is 0 Å². The molecule has 1 heterocycles. The first-order chi connectivity index (χ1) is 12.7. The molecule has 1 aromatic carbocycles. The highest BCUT2D eigenvalue weighted by Crippen LogP contribution is 2.27. The first kappa shape index (κ1) is 21.0. The third kappa shape index (κ3) is 6.43. The first-order valence-corrected chi connectivity index (χ1v) is 9.85. The minimum absolute atomic E-state index is 0.0716. The Bertz CT molecular complexity index is 753. The van der Waals surface area contributed by atoms with Crippen LogP contribution >= 0.6 is 11.3 Å². The van der Waals surface area contributed by atoms with E-state index >= 15 is 0 Å². The van der Waals surface area contributed by atoms with E-state index in [-0.39, 0.29) is 17.6 Å². The van der Waals surface area contributed by atoms with Crippen LogP contribution in [-0.4, -0.2) is 34.6 Å². The Morgan fingerprint density at radius 2 is 1.93 bits per heavy atom. The Balaban J connectivity index is 2.00. The molecule has 0 spiro atoms. The molecule has 0 aliphatic heterocycles. The van der Waals surface area contributed by atoms with E-state index < -0.39 is 0 Å². The van der Waals surface area contributed by atoms with Crippen molar-refractivity contribution in [2.24, 2.45) is 0 Å². The maximum absolute atomic E-state index is 12.5. The zero-order valence-electron chi connectivity index (χ0n) is 16.9. The monoisotopic (exact) mass is 391 g/mol. The van der Waals surface area contributed by atoms with Gasteiger partial charge in [0.05, 0.1) is 19.3 Å². The third-order valence-corrected chi connectivity index (χ3v) is 4.59. The summed E-state index contributed by atoms with van der Waals surface area (Å²) in [5, 5.41) is 5.84. The van der Waals surface area contributed by atoms with Gasteiger partial charge in [-0.1, -0.05) is 12.1 Å². The number of thiazole rings is 1. The SMILES string of the molecule is COc1ccccc1OCc1nc(CN(C(=O)NC(C)(C)C)C(C)C)cs1. The molecular formula is C20H29N3O3S. The minimum atomic E-state index is -0.278. The number of hydrogen-bond donors (Lipinski definition) is 1. The molecular weight excluding hydrogens is 362 g/mol. The maximum atomic E-state index is 12.5. The van der Waals surface area contributed by atoms with Crippen LogP contribution in [0.5, 0.6) is 11.5 Å². The van der Waals surface area contributed by atoms with Crippen molar-refractivity contribution in [1.82, 2.24) is 15.2 Å². The molecule has 0 radical (unpaired) electrons. The largest absolute Gasteiger partial charge is 0.493 e. The van der Waals surface area contributed by atoms with E-state index in [9.17, 15) is 4.79 Å². The molecule has 0 atom stereocenters. The van der Waals surface area contributed by atoms with E-state index in [0.29, 0.717) is 24.7 Å². The van der Waals surface area contributed by atoms with Crippen LogP contribution in [0.15, 0.2) is 29.6 Å². The number of ether oxygens (including phenoxy) is 2. The summed E-state index contributed by atoms with van der Waals surface area (Å²) < 4.78 is 11.1. The molecule has 1 aromatic heterocycles. The molecule has 0 bridgehead atoms. The molecule has 27 heavy (non-hydrogen) atoms. The second-order valence-corrected chi connectivity index (χ2v) is 8.52. The van der Waals surface area contributed by atoms with Crippen molar-refractivity contribution >= 4 is 17.4 Å². The number of methoxy groups -OCH3 is 1. The van der Waals surface area contributed by atoms with Crippen molar-refractivity contribution in [3.8, 4) is 11.5 Å². The quantitative estimate of drug-likeness (QED) is 0.757. The van der Waals surface area contributed by atoms with Gasteiger partial charge in [-0.2, -0.15) is 0 Å². The average Bonchev–Trinajstić information content (AvgIpc) is 3.03. The Morgan fingerprint density at radius 3 is 2.52 bits per heavy atom. The van der Waals surface area contributed by atoms with Gasteiger partial charge in [-0.3, -0.25) is 0 Å². The van der Waals surface area contributed by atoms with E-state index in [1.54, 1.807) is 12.0 Å². The second kappa shape index (κ2) is 9.08. The number of hydrogen-bond acceptors (Lipinski definition) is 5. The number of urea groups is 1. The highest BCUT2D eigenvalue weighted by Gasteiger charge is 2.22. The van der Waals surface area contributed by atoms with E-state index in [2.05, 4.69) is 10.3 Å². The summed E-state index contributed by atoms with van der Waals surface area (Å²) in [4.78, 5) is 18.9. The number of para-hydroxylation sites is 2. The van der Waals surface area contributed by atoms with Gasteiger partial charge in [0.25, 0.3) is 0 Å². The number of amides is 2. The Hall–Kier alpha value is -2.28. The minimum Gasteiger partial charge on any atom is -0.493 e. The average molecular weight is 392 g/mol. The fourth-order valence-corrected chi connectivity index (χ4v) is 3.12. The summed E-state index contributed by atoms with van der Waals surface area (Å²) in [6.07, 6.45) is 0. The highest BCUT2D eigenvalue weighted by atomic mass is 32.1. The number of benzene rings is 1. The number of aromatic nitrogens is 1. The molecule has 0 fully saturated rings. The van der Waals surface area contributed by atoms with Crippen molar-refractivity contribution in [1.29, 1.82) is 0 Å². The molecule has 0 saturated heterocycles. The highest BCUT2D eigenvalue weighted by molar-refractivity contribution is 7.09. The van der Waals surface area contributed by atoms with Crippen LogP contribution in [0.4, 0.5) is 4.79 Å². The molecule has 0 saturated carbocycles. The lowest BCUT2D eigenvalue weighted by Gasteiger charge is -2.30. The molecule has 6 nitrogen and oxygen atoms in total. The topological polar surface area (TPSA) is 63.7 Å². The maximum Gasteiger partial charge on any atom is 0.318 e. The summed E-state index contributed by atoms with van der Waals surface area (Å²) in [5.74, 6) is 1.38. The molecule has 7 heteroatoms. The number of nitrogens with zero attached hydrogens (tertiary/aromatic N) is 2. The van der Waals surface area contributed by atoms with Crippen molar-refractivity contribution in [3.05, 3.63) is 40.3 Å². The molecule has 2 aromatic rings. The van der Waals surface area contributed by atoms with Crippen LogP contribution < -0.4 is 14.8 Å². The zero-order chi connectivity index (χ0) is 20.0. The van der Waals surface area contributed by atoms with E-state index in [1.807, 2.05) is 64.3 Å². The van der Waals surface area contributed by atoms with Gasteiger partial charge in [-0.25, -0.2) is 9.78 Å². The summed E-state index contributed by atoms with van der Waals surface area (Å²) in [5.41, 5.74) is 0.580. The van der Waals surface area contributed by atoms with Crippen LogP contribution in [0, 0.1) is 0 Å². The number of rotatable bonds is 7. The predicted molar refractivity (Wildman–Crippen MR) is 108 cm³/mol. The van der Waals surface area contributed by atoms with Gasteiger partial charge in [0.15, 0.2) is 11.5 Å². The Kier molecular flexibility index (Phi) is 7.07. The summed E-state index contributed by atoms with van der Waals surface area (Å²) in [7, 11) is 1.62. The van der Waals surface area contributed by atoms with Gasteiger partial charge < -0.3 is 19.7 Å². The van der Waals surface area contributed by atoms with Gasteiger partial charge in [0, 0.05) is 17.0 Å². The predicted octanol–water partition coefficient (Wildman–Crippen LogP) is 4.45. The Morgan fingerprint density at radius 1 is 1.26 bits per heavy atom. The zero-order valence-corrected chi connectivity index (χ0v) is 17.7. The normalized spacial score (nSPS) is 11.4. The van der Waals surface area contributed by atoms with E-state index in [0.717, 1.165) is 10.7 Å². The van der Waals surface area contributed by atoms with Gasteiger partial charge >= 0.3 is 6.03 Å². The molecule has 0 aliphatic rings. The van der Waals surface area contributed by atoms with Crippen molar-refractivity contribution in [3.63, 3.8) is 0 Å². The number of nitrogens with one attached hydrogen (secondary N) is 1. The lowest BCUT2D eigenvalue weighted by molar-refractivity contribution is 0.170. The smallest absolute Gasteiger partial charge is 0.318 e. The molecule has 2 amide bonds. The summed E-state index contributed by atoms with van der Waals surface area (Å²) >= 11 is 1.53. The van der Waals surface area contributed by atoms with Crippen molar-refractivity contribution < 1.29 is 14.3 Å². The first-order valence-electron chi connectivity index (χ1n) is 8.97. The lowest BCUT2D eigenvalue weighted by Crippen LogP contribution is -2.50. The van der Waals surface area contributed by atoms with Crippen LogP contribution in [0.2, 0.25) is 0 Å². The van der Waals surface area contributed by atoms with Crippen LogP contribution in [0.1, 0.15) is 45.3 Å². The Labute approximate surface area is 165 Å². The van der Waals surface area contributed by atoms with Crippen molar-refractivity contribution in [2.45, 2.75) is 59.4 Å². The van der Waals surface area contributed by atoms with Gasteiger partial charge in [-0.15, -0.1) is 11.3 Å². The molecule has 0 unspecified atom stereocenters. The van der Waals surface area contributed by atoms with Crippen molar-refractivity contribution in [2.75, 3.05) is 7.11 Å². The standard InChI is InChI=1S/C20H29N3O3S/c1-14(2)23(19(24)22-20(3,4)5)11-15-13-27-18(21-15)12-26-17-10-8-7-9-16(17)25-6/h7-10,13-14H,11-12H2,1-6H3,(H,22,24). The molecule has 148 valence electrons. The fourth-order valence-electron chi connectivity index (χ4n) is 2.42. The lowest BCUT2D eigenvalue weighted by atomic mass is 10.1. The van der Waals surface area contributed by atoms with E-state index in [1.165, 1.54) is 11.3 Å². The van der Waals surface area contributed by atoms with Crippen LogP contribution in [0.3, 0.4) is 0 Å². The fraction of sp³-hybridized carbons (Fsp3) is 0.500. The summed E-state index contributed by atoms with van der Waals surface area (Å²) in [6, 6.07) is 7.51. The molecule has 1 N–H and O–H groups in total.